The molecule has 1 saturated heterocycles. The number of methoxy groups -OCH3 is 1. The van der Waals surface area contributed by atoms with Crippen LogP contribution in [0.2, 0.25) is 0 Å². The normalized spacial score (nSPS) is 22.1. The summed E-state index contributed by atoms with van der Waals surface area (Å²) >= 11 is 0. The van der Waals surface area contributed by atoms with Crippen LogP contribution in [0, 0.1) is 6.92 Å². The highest BCUT2D eigenvalue weighted by Crippen LogP contribution is 2.26. The molecule has 1 aromatic carbocycles. The van der Waals surface area contributed by atoms with Gasteiger partial charge in [-0.3, -0.25) is 0 Å². The Hall–Kier alpha value is -1.11. The van der Waals surface area contributed by atoms with Gasteiger partial charge in [0.15, 0.2) is 9.84 Å². The lowest BCUT2D eigenvalue weighted by Gasteiger charge is -2.17. The molecule has 6 heteroatoms. The summed E-state index contributed by atoms with van der Waals surface area (Å²) in [6.45, 7) is 2.66. The molecule has 1 fully saturated rings. The average Bonchev–Trinajstić information content (AvgIpc) is 2.78. The Labute approximate surface area is 126 Å². The van der Waals surface area contributed by atoms with Gasteiger partial charge in [0.05, 0.1) is 24.2 Å². The highest BCUT2D eigenvalue weighted by Gasteiger charge is 2.30. The van der Waals surface area contributed by atoms with Crippen LogP contribution < -0.4 is 10.1 Å². The van der Waals surface area contributed by atoms with Crippen molar-refractivity contribution in [1.82, 2.24) is 5.32 Å². The first-order valence-corrected chi connectivity index (χ1v) is 8.90. The van der Waals surface area contributed by atoms with Crippen molar-refractivity contribution in [2.24, 2.45) is 0 Å². The summed E-state index contributed by atoms with van der Waals surface area (Å²) in [4.78, 5) is 0. The van der Waals surface area contributed by atoms with E-state index in [0.29, 0.717) is 25.3 Å². The number of aliphatic hydroxyl groups excluding tert-OH is 1. The number of benzene rings is 1. The van der Waals surface area contributed by atoms with Crippen LogP contribution in [0.1, 0.15) is 30.1 Å². The molecule has 2 atom stereocenters. The van der Waals surface area contributed by atoms with Gasteiger partial charge >= 0.3 is 0 Å². The lowest BCUT2D eigenvalue weighted by atomic mass is 10.1. The number of ether oxygens (including phenoxy) is 1. The van der Waals surface area contributed by atoms with E-state index in [1.165, 1.54) is 0 Å². The summed E-state index contributed by atoms with van der Waals surface area (Å²) in [6, 6.07) is 5.64. The standard InChI is InChI=1S/C15H23NO4S/c1-11-5-6-15(20-2)13(8-11)14(17)10-16-9-12-4-3-7-21(12,18)19/h5-6,8,12,14,16-17H,3-4,7,9-10H2,1-2H3. The Kier molecular flexibility index (Phi) is 5.24. The quantitative estimate of drug-likeness (QED) is 0.825. The van der Waals surface area contributed by atoms with Crippen LogP contribution in [-0.4, -0.2) is 44.7 Å². The van der Waals surface area contributed by atoms with E-state index in [1.807, 2.05) is 25.1 Å². The van der Waals surface area contributed by atoms with Crippen LogP contribution in [0.15, 0.2) is 18.2 Å². The second kappa shape index (κ2) is 6.77. The van der Waals surface area contributed by atoms with Gasteiger partial charge in [0, 0.05) is 18.7 Å². The van der Waals surface area contributed by atoms with Crippen LogP contribution in [0.3, 0.4) is 0 Å². The molecular weight excluding hydrogens is 290 g/mol. The summed E-state index contributed by atoms with van der Waals surface area (Å²) in [7, 11) is -1.37. The molecule has 0 aliphatic carbocycles. The highest BCUT2D eigenvalue weighted by atomic mass is 32.2. The first-order valence-electron chi connectivity index (χ1n) is 7.19. The second-order valence-corrected chi connectivity index (χ2v) is 7.95. The minimum atomic E-state index is -2.94. The topological polar surface area (TPSA) is 75.6 Å². The van der Waals surface area contributed by atoms with E-state index in [9.17, 15) is 13.5 Å². The molecule has 0 saturated carbocycles. The molecular formula is C15H23NO4S. The summed E-state index contributed by atoms with van der Waals surface area (Å²) in [5, 5.41) is 13.0. The number of sulfone groups is 1. The minimum Gasteiger partial charge on any atom is -0.496 e. The van der Waals surface area contributed by atoms with E-state index in [1.54, 1.807) is 7.11 Å². The lowest BCUT2D eigenvalue weighted by Crippen LogP contribution is -2.33. The third-order valence-electron chi connectivity index (χ3n) is 3.92. The fraction of sp³-hybridized carbons (Fsp3) is 0.600. The zero-order valence-electron chi connectivity index (χ0n) is 12.5. The first-order chi connectivity index (χ1) is 9.94. The highest BCUT2D eigenvalue weighted by molar-refractivity contribution is 7.92. The van der Waals surface area contributed by atoms with E-state index < -0.39 is 15.9 Å². The van der Waals surface area contributed by atoms with Crippen molar-refractivity contribution in [1.29, 1.82) is 0 Å². The van der Waals surface area contributed by atoms with Gasteiger partial charge < -0.3 is 15.2 Å². The molecule has 2 N–H and O–H groups in total. The van der Waals surface area contributed by atoms with Crippen molar-refractivity contribution in [2.45, 2.75) is 31.1 Å². The van der Waals surface area contributed by atoms with Crippen LogP contribution in [0.4, 0.5) is 0 Å². The fourth-order valence-electron chi connectivity index (χ4n) is 2.69. The molecule has 0 amide bonds. The predicted molar refractivity (Wildman–Crippen MR) is 82.4 cm³/mol. The van der Waals surface area contributed by atoms with Crippen molar-refractivity contribution < 1.29 is 18.3 Å². The SMILES string of the molecule is COc1ccc(C)cc1C(O)CNCC1CCCS1(=O)=O. The Morgan fingerprint density at radius 3 is 2.86 bits per heavy atom. The number of aryl methyl sites for hydroxylation is 1. The third-order valence-corrected chi connectivity index (χ3v) is 6.19. The molecule has 1 aliphatic heterocycles. The van der Waals surface area contributed by atoms with Crippen LogP contribution >= 0.6 is 0 Å². The van der Waals surface area contributed by atoms with Gasteiger partial charge in [-0.05, 0) is 31.9 Å². The molecule has 0 aromatic heterocycles. The molecule has 2 unspecified atom stereocenters. The Morgan fingerprint density at radius 2 is 2.24 bits per heavy atom. The molecule has 5 nitrogen and oxygen atoms in total. The molecule has 21 heavy (non-hydrogen) atoms. The van der Waals surface area contributed by atoms with Crippen molar-refractivity contribution in [2.75, 3.05) is 26.0 Å². The van der Waals surface area contributed by atoms with Gasteiger partial charge in [0.25, 0.3) is 0 Å². The van der Waals surface area contributed by atoms with E-state index in [-0.39, 0.29) is 11.0 Å². The number of aliphatic hydroxyl groups is 1. The first kappa shape index (κ1) is 16.3. The van der Waals surface area contributed by atoms with E-state index in [0.717, 1.165) is 17.5 Å². The molecule has 0 bridgehead atoms. The maximum atomic E-state index is 11.7. The molecule has 0 radical (unpaired) electrons. The predicted octanol–water partition coefficient (Wildman–Crippen LogP) is 1.20. The Balaban J connectivity index is 1.93. The van der Waals surface area contributed by atoms with E-state index in [2.05, 4.69) is 5.32 Å². The number of rotatable bonds is 6. The van der Waals surface area contributed by atoms with Gasteiger partial charge in [-0.25, -0.2) is 8.42 Å². The maximum absolute atomic E-state index is 11.7. The fourth-order valence-corrected chi connectivity index (χ4v) is 4.49. The molecule has 1 aromatic rings. The van der Waals surface area contributed by atoms with Crippen molar-refractivity contribution >= 4 is 9.84 Å². The minimum absolute atomic E-state index is 0.285. The van der Waals surface area contributed by atoms with E-state index in [4.69, 9.17) is 4.74 Å². The van der Waals surface area contributed by atoms with Gasteiger partial charge in [-0.15, -0.1) is 0 Å². The van der Waals surface area contributed by atoms with Crippen LogP contribution in [0.25, 0.3) is 0 Å². The molecule has 0 spiro atoms. The summed E-state index contributed by atoms with van der Waals surface area (Å²) in [6.07, 6.45) is 0.728. The zero-order chi connectivity index (χ0) is 15.5. The molecule has 118 valence electrons. The third kappa shape index (κ3) is 3.96. The summed E-state index contributed by atoms with van der Waals surface area (Å²) < 4.78 is 28.7. The van der Waals surface area contributed by atoms with Gasteiger partial charge in [-0.1, -0.05) is 11.6 Å². The largest absolute Gasteiger partial charge is 0.496 e. The second-order valence-electron chi connectivity index (χ2n) is 5.55. The number of hydrogen-bond donors (Lipinski definition) is 2. The molecule has 1 aliphatic rings. The Morgan fingerprint density at radius 1 is 1.48 bits per heavy atom. The van der Waals surface area contributed by atoms with E-state index >= 15 is 0 Å². The molecule has 1 heterocycles. The van der Waals surface area contributed by atoms with Crippen molar-refractivity contribution in [3.8, 4) is 5.75 Å². The Bertz CT molecular complexity index is 585. The van der Waals surface area contributed by atoms with Gasteiger partial charge in [0.2, 0.25) is 0 Å². The number of hydrogen-bond acceptors (Lipinski definition) is 5. The smallest absolute Gasteiger partial charge is 0.154 e. The van der Waals surface area contributed by atoms with Crippen LogP contribution in [0.5, 0.6) is 5.75 Å². The number of nitrogens with one attached hydrogen (secondary N) is 1. The summed E-state index contributed by atoms with van der Waals surface area (Å²) in [5.41, 5.74) is 1.77. The van der Waals surface area contributed by atoms with Crippen LogP contribution in [-0.2, 0) is 9.84 Å². The lowest BCUT2D eigenvalue weighted by molar-refractivity contribution is 0.170. The maximum Gasteiger partial charge on any atom is 0.154 e. The summed E-state index contributed by atoms with van der Waals surface area (Å²) in [5.74, 6) is 0.927. The molecule has 2 rings (SSSR count). The average molecular weight is 313 g/mol. The monoisotopic (exact) mass is 313 g/mol. The van der Waals surface area contributed by atoms with Crippen molar-refractivity contribution in [3.63, 3.8) is 0 Å². The van der Waals surface area contributed by atoms with Crippen molar-refractivity contribution in [3.05, 3.63) is 29.3 Å². The zero-order valence-corrected chi connectivity index (χ0v) is 13.3. The van der Waals surface area contributed by atoms with Gasteiger partial charge in [-0.2, -0.15) is 0 Å². The van der Waals surface area contributed by atoms with Gasteiger partial charge in [0.1, 0.15) is 5.75 Å².